The van der Waals surface area contributed by atoms with Crippen molar-refractivity contribution in [3.05, 3.63) is 0 Å². The first-order valence-corrected chi connectivity index (χ1v) is 2.17. The SMILES string of the molecule is [O]CC1=NCCO1. The summed E-state index contributed by atoms with van der Waals surface area (Å²) in [6.07, 6.45) is 0. The van der Waals surface area contributed by atoms with Gasteiger partial charge in [0.25, 0.3) is 0 Å². The zero-order valence-electron chi connectivity index (χ0n) is 3.89. The van der Waals surface area contributed by atoms with Crippen molar-refractivity contribution >= 4 is 5.90 Å². The molecule has 3 heteroatoms. The third kappa shape index (κ3) is 0.899. The summed E-state index contributed by atoms with van der Waals surface area (Å²) in [5.74, 6) is 0.361. The fourth-order valence-electron chi connectivity index (χ4n) is 0.467. The topological polar surface area (TPSA) is 41.5 Å². The minimum atomic E-state index is -0.306. The van der Waals surface area contributed by atoms with Gasteiger partial charge in [-0.1, -0.05) is 0 Å². The monoisotopic (exact) mass is 100 g/mol. The molecule has 0 saturated carbocycles. The lowest BCUT2D eigenvalue weighted by Gasteiger charge is -1.89. The summed E-state index contributed by atoms with van der Waals surface area (Å²) in [5.41, 5.74) is 0. The van der Waals surface area contributed by atoms with Crippen LogP contribution in [0.15, 0.2) is 4.99 Å². The van der Waals surface area contributed by atoms with E-state index in [4.69, 9.17) is 4.74 Å². The van der Waals surface area contributed by atoms with Gasteiger partial charge in [-0.3, -0.25) is 0 Å². The van der Waals surface area contributed by atoms with Crippen molar-refractivity contribution in [1.29, 1.82) is 0 Å². The molecule has 1 radical (unpaired) electrons. The van der Waals surface area contributed by atoms with E-state index >= 15 is 0 Å². The summed E-state index contributed by atoms with van der Waals surface area (Å²) in [4.78, 5) is 3.74. The maximum Gasteiger partial charge on any atom is 0.213 e. The molecule has 1 heterocycles. The maximum absolute atomic E-state index is 9.88. The first-order valence-electron chi connectivity index (χ1n) is 2.17. The van der Waals surface area contributed by atoms with Crippen LogP contribution < -0.4 is 0 Å². The molecule has 0 unspecified atom stereocenters. The molecule has 0 saturated heterocycles. The number of ether oxygens (including phenoxy) is 1. The van der Waals surface area contributed by atoms with Gasteiger partial charge in [0, 0.05) is 0 Å². The van der Waals surface area contributed by atoms with Crippen molar-refractivity contribution in [1.82, 2.24) is 0 Å². The number of hydrogen-bond acceptors (Lipinski definition) is 2. The van der Waals surface area contributed by atoms with Crippen LogP contribution in [0.1, 0.15) is 0 Å². The minimum absolute atomic E-state index is 0.306. The van der Waals surface area contributed by atoms with Gasteiger partial charge in [0.1, 0.15) is 6.61 Å². The van der Waals surface area contributed by atoms with Gasteiger partial charge in [0.15, 0.2) is 6.61 Å². The second-order valence-electron chi connectivity index (χ2n) is 1.27. The fourth-order valence-corrected chi connectivity index (χ4v) is 0.467. The summed E-state index contributed by atoms with van der Waals surface area (Å²) in [7, 11) is 0. The Labute approximate surface area is 41.6 Å². The minimum Gasteiger partial charge on any atom is -0.477 e. The lowest BCUT2D eigenvalue weighted by Crippen LogP contribution is -2.01. The van der Waals surface area contributed by atoms with Crippen LogP contribution in [0.4, 0.5) is 0 Å². The van der Waals surface area contributed by atoms with Crippen molar-refractivity contribution in [3.8, 4) is 0 Å². The number of hydrogen-bond donors (Lipinski definition) is 0. The first-order chi connectivity index (χ1) is 3.43. The quantitative estimate of drug-likeness (QED) is 0.451. The van der Waals surface area contributed by atoms with E-state index in [1.165, 1.54) is 0 Å². The molecule has 1 rings (SSSR count). The average molecular weight is 100 g/mol. The van der Waals surface area contributed by atoms with Crippen LogP contribution in [0.2, 0.25) is 0 Å². The number of rotatable bonds is 1. The molecular weight excluding hydrogens is 94.0 g/mol. The zero-order valence-corrected chi connectivity index (χ0v) is 3.89. The number of aliphatic imine (C=N–C) groups is 1. The molecule has 0 atom stereocenters. The van der Waals surface area contributed by atoms with Gasteiger partial charge in [0.05, 0.1) is 6.54 Å². The molecule has 39 valence electrons. The lowest BCUT2D eigenvalue weighted by molar-refractivity contribution is 0.212. The van der Waals surface area contributed by atoms with E-state index in [-0.39, 0.29) is 6.61 Å². The Morgan fingerprint density at radius 3 is 3.00 bits per heavy atom. The summed E-state index contributed by atoms with van der Waals surface area (Å²) < 4.78 is 4.74. The standard InChI is InChI=1S/C4H6NO2/c6-3-4-5-1-2-7-4/h1-3H2. The molecule has 7 heavy (non-hydrogen) atoms. The van der Waals surface area contributed by atoms with Crippen LogP contribution in [0.5, 0.6) is 0 Å². The second-order valence-corrected chi connectivity index (χ2v) is 1.27. The van der Waals surface area contributed by atoms with Crippen molar-refractivity contribution in [3.63, 3.8) is 0 Å². The largest absolute Gasteiger partial charge is 0.477 e. The van der Waals surface area contributed by atoms with Crippen LogP contribution in [-0.4, -0.2) is 25.7 Å². The van der Waals surface area contributed by atoms with Crippen LogP contribution in [-0.2, 0) is 9.84 Å². The van der Waals surface area contributed by atoms with Gasteiger partial charge in [0.2, 0.25) is 5.90 Å². The average Bonchev–Trinajstić information content (AvgIpc) is 2.14. The van der Waals surface area contributed by atoms with Crippen molar-refractivity contribution < 1.29 is 9.84 Å². The van der Waals surface area contributed by atoms with E-state index in [0.717, 1.165) is 0 Å². The highest BCUT2D eigenvalue weighted by Gasteiger charge is 2.03. The third-order valence-corrected chi connectivity index (χ3v) is 0.772. The summed E-state index contributed by atoms with van der Waals surface area (Å²) in [6, 6.07) is 0. The van der Waals surface area contributed by atoms with Gasteiger partial charge in [-0.2, -0.15) is 0 Å². The predicted molar refractivity (Wildman–Crippen MR) is 23.8 cm³/mol. The van der Waals surface area contributed by atoms with Crippen molar-refractivity contribution in [2.75, 3.05) is 19.8 Å². The Morgan fingerprint density at radius 1 is 1.86 bits per heavy atom. The Bertz CT molecular complexity index is 89.7. The van der Waals surface area contributed by atoms with Gasteiger partial charge in [-0.25, -0.2) is 10.1 Å². The van der Waals surface area contributed by atoms with Crippen LogP contribution in [0, 0.1) is 0 Å². The second kappa shape index (κ2) is 1.93. The molecule has 0 spiro atoms. The van der Waals surface area contributed by atoms with Crippen LogP contribution >= 0.6 is 0 Å². The first kappa shape index (κ1) is 4.59. The summed E-state index contributed by atoms with van der Waals surface area (Å²) >= 11 is 0. The summed E-state index contributed by atoms with van der Waals surface area (Å²) in [5, 5.41) is 9.88. The van der Waals surface area contributed by atoms with E-state index in [1.807, 2.05) is 0 Å². The molecule has 1 aliphatic rings. The Hall–Kier alpha value is -0.570. The molecule has 0 N–H and O–H groups in total. The zero-order chi connectivity index (χ0) is 5.11. The van der Waals surface area contributed by atoms with E-state index in [0.29, 0.717) is 19.0 Å². The predicted octanol–water partition coefficient (Wildman–Crippen LogP) is -0.154. The third-order valence-electron chi connectivity index (χ3n) is 0.772. The van der Waals surface area contributed by atoms with Crippen molar-refractivity contribution in [2.45, 2.75) is 0 Å². The Morgan fingerprint density at radius 2 is 2.71 bits per heavy atom. The molecule has 0 aromatic rings. The number of nitrogens with zero attached hydrogens (tertiary/aromatic N) is 1. The van der Waals surface area contributed by atoms with E-state index < -0.39 is 0 Å². The molecule has 0 aliphatic carbocycles. The van der Waals surface area contributed by atoms with Gasteiger partial charge < -0.3 is 4.74 Å². The van der Waals surface area contributed by atoms with Gasteiger partial charge >= 0.3 is 0 Å². The molecule has 1 aliphatic heterocycles. The maximum atomic E-state index is 9.88. The molecule has 0 bridgehead atoms. The van der Waals surface area contributed by atoms with Crippen LogP contribution in [0.3, 0.4) is 0 Å². The fraction of sp³-hybridized carbons (Fsp3) is 0.750. The highest BCUT2D eigenvalue weighted by Crippen LogP contribution is 1.90. The molecular formula is C4H6NO2. The normalized spacial score (nSPS) is 18.7. The Balaban J connectivity index is 2.36. The smallest absolute Gasteiger partial charge is 0.213 e. The lowest BCUT2D eigenvalue weighted by atomic mass is 10.7. The van der Waals surface area contributed by atoms with Gasteiger partial charge in [-0.15, -0.1) is 0 Å². The molecule has 0 aromatic heterocycles. The molecule has 0 amide bonds. The van der Waals surface area contributed by atoms with E-state index in [2.05, 4.69) is 4.99 Å². The highest BCUT2D eigenvalue weighted by molar-refractivity contribution is 5.78. The van der Waals surface area contributed by atoms with Crippen LogP contribution in [0.25, 0.3) is 0 Å². The molecule has 3 nitrogen and oxygen atoms in total. The van der Waals surface area contributed by atoms with E-state index in [9.17, 15) is 5.11 Å². The molecule has 0 fully saturated rings. The Kier molecular flexibility index (Phi) is 1.26. The van der Waals surface area contributed by atoms with Gasteiger partial charge in [-0.05, 0) is 0 Å². The van der Waals surface area contributed by atoms with Crippen molar-refractivity contribution in [2.24, 2.45) is 4.99 Å². The summed E-state index contributed by atoms with van der Waals surface area (Å²) in [6.45, 7) is 0.954. The van der Waals surface area contributed by atoms with E-state index in [1.54, 1.807) is 0 Å². The highest BCUT2D eigenvalue weighted by atomic mass is 16.5. The molecule has 0 aromatic carbocycles.